The average molecular weight is 169 g/mol. The zero-order valence-corrected chi connectivity index (χ0v) is 8.48. The molecule has 0 spiro atoms. The number of hydrogen-bond donors (Lipinski definition) is 0. The van der Waals surface area contributed by atoms with E-state index in [1.54, 1.807) is 22.3 Å². The zero-order valence-electron chi connectivity index (χ0n) is 6.91. The molecule has 0 bridgehead atoms. The molecular weight excluding hydrogens is 156 g/mol. The molecule has 1 heteroatoms. The summed E-state index contributed by atoms with van der Waals surface area (Å²) in [5.74, 6) is 0. The molecule has 0 saturated carbocycles. The van der Waals surface area contributed by atoms with Crippen molar-refractivity contribution in [1.29, 1.82) is 0 Å². The van der Waals surface area contributed by atoms with E-state index in [-0.39, 0.29) is 0 Å². The Morgan fingerprint density at radius 1 is 1.20 bits per heavy atom. The Hall–Kier alpha value is 0.194. The molecule has 1 aliphatic rings. The average Bonchev–Trinajstić information content (AvgIpc) is 2.09. The van der Waals surface area contributed by atoms with E-state index < -0.39 is 0 Å². The minimum atomic E-state index is 1.20. The molecule has 1 aliphatic carbocycles. The Morgan fingerprint density at radius 2 is 1.80 bits per heavy atom. The molecule has 0 N–H and O–H groups in total. The van der Waals surface area contributed by atoms with E-state index >= 15 is 0 Å². The van der Waals surface area contributed by atoms with Gasteiger partial charge < -0.3 is 0 Å². The second-order valence-corrected chi connectivity index (χ2v) is 3.57. The summed E-state index contributed by atoms with van der Waals surface area (Å²) in [4.78, 5) is 0. The van der Waals surface area contributed by atoms with E-state index in [2.05, 4.69) is 41.2 Å². The van der Waals surface area contributed by atoms with Gasteiger partial charge in [-0.05, 0) is 0 Å². The van der Waals surface area contributed by atoms with Gasteiger partial charge in [0.25, 0.3) is 0 Å². The van der Waals surface area contributed by atoms with Gasteiger partial charge in [0.2, 0.25) is 0 Å². The second kappa shape index (κ2) is 3.06. The normalized spacial score (nSPS) is 19.0. The van der Waals surface area contributed by atoms with Crippen molar-refractivity contribution in [3.8, 4) is 0 Å². The standard InChI is InChI=1S/C9H13.Ti/c1-6-5-7(2)9(4)8(6)3;/h3,5H2,1-2,4H3;. The third-order valence-corrected chi connectivity index (χ3v) is 2.87. The van der Waals surface area contributed by atoms with E-state index in [4.69, 9.17) is 0 Å². The van der Waals surface area contributed by atoms with Crippen molar-refractivity contribution in [2.24, 2.45) is 0 Å². The van der Waals surface area contributed by atoms with Crippen molar-refractivity contribution in [2.75, 3.05) is 0 Å². The summed E-state index contributed by atoms with van der Waals surface area (Å²) < 4.78 is 1.20. The number of rotatable bonds is 1. The molecule has 0 nitrogen and oxygen atoms in total. The Morgan fingerprint density at radius 3 is 2.00 bits per heavy atom. The van der Waals surface area contributed by atoms with E-state index in [9.17, 15) is 0 Å². The molecule has 0 heterocycles. The summed E-state index contributed by atoms with van der Waals surface area (Å²) in [5.41, 5.74) is 6.28. The third-order valence-electron chi connectivity index (χ3n) is 2.32. The molecule has 0 aromatic rings. The van der Waals surface area contributed by atoms with Crippen LogP contribution in [0.1, 0.15) is 27.2 Å². The molecule has 0 fully saturated rings. The molecular formula is C9H13Ti. The molecule has 0 radical (unpaired) electrons. The van der Waals surface area contributed by atoms with Crippen LogP contribution < -0.4 is 0 Å². The van der Waals surface area contributed by atoms with E-state index in [0.29, 0.717) is 0 Å². The Kier molecular flexibility index (Phi) is 2.54. The van der Waals surface area contributed by atoms with Gasteiger partial charge in [0, 0.05) is 0 Å². The third kappa shape index (κ3) is 1.28. The predicted molar refractivity (Wildman–Crippen MR) is 40.5 cm³/mol. The summed E-state index contributed by atoms with van der Waals surface area (Å²) in [6, 6.07) is 0. The van der Waals surface area contributed by atoms with Gasteiger partial charge in [-0.25, -0.2) is 0 Å². The van der Waals surface area contributed by atoms with Crippen LogP contribution in [-0.4, -0.2) is 0 Å². The SMILES string of the molecule is CC1=C(C)C([CH2][Ti])=C(C)C1. The maximum absolute atomic E-state index is 2.25. The van der Waals surface area contributed by atoms with Crippen LogP contribution in [0.5, 0.6) is 0 Å². The van der Waals surface area contributed by atoms with Crippen LogP contribution >= 0.6 is 0 Å². The van der Waals surface area contributed by atoms with Gasteiger partial charge in [-0.15, -0.1) is 0 Å². The summed E-state index contributed by atoms with van der Waals surface area (Å²) in [7, 11) is 0. The second-order valence-electron chi connectivity index (χ2n) is 3.02. The molecule has 10 heavy (non-hydrogen) atoms. The molecule has 0 saturated heterocycles. The van der Waals surface area contributed by atoms with Crippen molar-refractivity contribution < 1.29 is 20.4 Å². The predicted octanol–water partition coefficient (Wildman–Crippen LogP) is 3.01. The van der Waals surface area contributed by atoms with E-state index in [0.717, 1.165) is 0 Å². The quantitative estimate of drug-likeness (QED) is 0.529. The zero-order chi connectivity index (χ0) is 7.72. The summed E-state index contributed by atoms with van der Waals surface area (Å²) in [6.07, 6.45) is 1.22. The molecule has 0 amide bonds. The van der Waals surface area contributed by atoms with Crippen LogP contribution in [0, 0.1) is 0 Å². The first kappa shape index (κ1) is 8.29. The maximum atomic E-state index is 2.25. The van der Waals surface area contributed by atoms with Crippen molar-refractivity contribution in [3.05, 3.63) is 22.3 Å². The van der Waals surface area contributed by atoms with Crippen LogP contribution in [0.3, 0.4) is 0 Å². The summed E-state index contributed by atoms with van der Waals surface area (Å²) in [5, 5.41) is 0. The van der Waals surface area contributed by atoms with Gasteiger partial charge in [0.1, 0.15) is 0 Å². The Balaban J connectivity index is 2.94. The number of allylic oxidation sites excluding steroid dienone is 4. The molecule has 0 atom stereocenters. The molecule has 0 aromatic carbocycles. The van der Waals surface area contributed by atoms with E-state index in [1.807, 2.05) is 0 Å². The Bertz CT molecular complexity index is 209. The van der Waals surface area contributed by atoms with Gasteiger partial charge in [-0.1, -0.05) is 0 Å². The number of hydrogen-bond acceptors (Lipinski definition) is 0. The van der Waals surface area contributed by atoms with Crippen molar-refractivity contribution in [2.45, 2.75) is 31.9 Å². The fraction of sp³-hybridized carbons (Fsp3) is 0.556. The van der Waals surface area contributed by atoms with E-state index in [1.165, 1.54) is 11.1 Å². The minimum absolute atomic E-state index is 1.20. The monoisotopic (exact) mass is 169 g/mol. The molecule has 0 aromatic heterocycles. The summed E-state index contributed by atoms with van der Waals surface area (Å²) in [6.45, 7) is 6.73. The van der Waals surface area contributed by atoms with Gasteiger partial charge in [0.15, 0.2) is 0 Å². The molecule has 1 rings (SSSR count). The first-order valence-electron chi connectivity index (χ1n) is 3.66. The van der Waals surface area contributed by atoms with Gasteiger partial charge in [-0.3, -0.25) is 0 Å². The van der Waals surface area contributed by atoms with Crippen molar-refractivity contribution >= 4 is 0 Å². The first-order chi connectivity index (χ1) is 4.66. The topological polar surface area (TPSA) is 0 Å². The van der Waals surface area contributed by atoms with Crippen LogP contribution in [0.2, 0.25) is 4.73 Å². The van der Waals surface area contributed by atoms with Crippen LogP contribution in [-0.2, 0) is 20.4 Å². The van der Waals surface area contributed by atoms with Crippen molar-refractivity contribution in [1.82, 2.24) is 0 Å². The Labute approximate surface area is 74.8 Å². The van der Waals surface area contributed by atoms with Crippen LogP contribution in [0.15, 0.2) is 22.3 Å². The van der Waals surface area contributed by atoms with Gasteiger partial charge in [0.05, 0.1) is 0 Å². The molecule has 0 aliphatic heterocycles. The fourth-order valence-corrected chi connectivity index (χ4v) is 2.38. The van der Waals surface area contributed by atoms with Gasteiger partial charge in [-0.2, -0.15) is 0 Å². The molecule has 53 valence electrons. The van der Waals surface area contributed by atoms with Crippen LogP contribution in [0.25, 0.3) is 0 Å². The summed E-state index contributed by atoms with van der Waals surface area (Å²) >= 11 is 2.24. The van der Waals surface area contributed by atoms with Crippen LogP contribution in [0.4, 0.5) is 0 Å². The van der Waals surface area contributed by atoms with Gasteiger partial charge >= 0.3 is 74.6 Å². The van der Waals surface area contributed by atoms with Crippen molar-refractivity contribution in [3.63, 3.8) is 0 Å². The first-order valence-corrected chi connectivity index (χ1v) is 4.77. The molecule has 0 unspecified atom stereocenters. The fourth-order valence-electron chi connectivity index (χ4n) is 1.50.